The number of imide groups is 1. The van der Waals surface area contributed by atoms with E-state index >= 15 is 0 Å². The molecule has 1 aliphatic rings. The van der Waals surface area contributed by atoms with Crippen molar-refractivity contribution >= 4 is 75.7 Å². The normalized spacial score (nSPS) is 16.7. The molecule has 1 aliphatic heterocycles. The lowest BCUT2D eigenvalue weighted by Crippen LogP contribution is -2.31. The molecule has 3 amide bonds. The lowest BCUT2D eigenvalue weighted by atomic mass is 10.3. The minimum Gasteiger partial charge on any atom is -0.325 e. The maximum Gasteiger partial charge on any atom is 0.247 e. The van der Waals surface area contributed by atoms with E-state index in [1.165, 1.54) is 12.1 Å². The minimum absolute atomic E-state index is 0.0106. The summed E-state index contributed by atoms with van der Waals surface area (Å²) in [6.07, 6.45) is 0.0106. The van der Waals surface area contributed by atoms with Crippen LogP contribution in [0, 0.1) is 0 Å². The number of anilines is 2. The molecule has 0 saturated carbocycles. The van der Waals surface area contributed by atoms with Crippen molar-refractivity contribution < 1.29 is 14.4 Å². The van der Waals surface area contributed by atoms with Crippen LogP contribution in [-0.2, 0) is 14.4 Å². The molecule has 0 aromatic heterocycles. The summed E-state index contributed by atoms with van der Waals surface area (Å²) >= 11 is 18.9. The van der Waals surface area contributed by atoms with Gasteiger partial charge in [-0.1, -0.05) is 34.8 Å². The Morgan fingerprint density at radius 3 is 2.41 bits per heavy atom. The Kier molecular flexibility index (Phi) is 6.32. The van der Waals surface area contributed by atoms with Crippen molar-refractivity contribution in [2.24, 2.45) is 0 Å². The van der Waals surface area contributed by atoms with Gasteiger partial charge in [0.1, 0.15) is 0 Å². The summed E-state index contributed by atoms with van der Waals surface area (Å²) in [6.45, 7) is 0. The van der Waals surface area contributed by atoms with Crippen LogP contribution in [0.4, 0.5) is 11.4 Å². The average molecular weight is 444 g/mol. The molecule has 2 aromatic carbocycles. The minimum atomic E-state index is -0.639. The first-order valence-corrected chi connectivity index (χ1v) is 10.0. The van der Waals surface area contributed by atoms with Gasteiger partial charge in [0.2, 0.25) is 17.7 Å². The number of carbonyl (C=O) groups excluding carboxylic acids is 3. The first-order valence-electron chi connectivity index (χ1n) is 7.84. The van der Waals surface area contributed by atoms with Gasteiger partial charge in [0.05, 0.1) is 21.7 Å². The average Bonchev–Trinajstić information content (AvgIpc) is 2.89. The largest absolute Gasteiger partial charge is 0.325 e. The zero-order valence-corrected chi connectivity index (χ0v) is 16.8. The van der Waals surface area contributed by atoms with Crippen LogP contribution in [0.1, 0.15) is 6.42 Å². The van der Waals surface area contributed by atoms with Gasteiger partial charge in [-0.15, -0.1) is 11.8 Å². The molecule has 140 valence electrons. The number of nitrogens with one attached hydrogen (secondary N) is 1. The number of hydrogen-bond donors (Lipinski definition) is 1. The molecule has 0 radical (unpaired) electrons. The maximum atomic E-state index is 12.6. The van der Waals surface area contributed by atoms with E-state index < -0.39 is 11.2 Å². The van der Waals surface area contributed by atoms with E-state index in [0.717, 1.165) is 16.7 Å². The number of benzene rings is 2. The van der Waals surface area contributed by atoms with E-state index in [-0.39, 0.29) is 29.0 Å². The molecular formula is C18H13Cl3N2O3S. The molecule has 1 saturated heterocycles. The Morgan fingerprint density at radius 1 is 1.07 bits per heavy atom. The van der Waals surface area contributed by atoms with Crippen LogP contribution in [-0.4, -0.2) is 28.7 Å². The van der Waals surface area contributed by atoms with Crippen LogP contribution in [0.5, 0.6) is 0 Å². The molecular weight excluding hydrogens is 431 g/mol. The van der Waals surface area contributed by atoms with Gasteiger partial charge in [-0.25, -0.2) is 4.90 Å². The van der Waals surface area contributed by atoms with E-state index in [4.69, 9.17) is 34.8 Å². The molecule has 2 aromatic rings. The van der Waals surface area contributed by atoms with E-state index in [0.29, 0.717) is 21.4 Å². The Bertz CT molecular complexity index is 905. The molecule has 1 fully saturated rings. The highest BCUT2D eigenvalue weighted by molar-refractivity contribution is 8.01. The number of halogens is 3. The van der Waals surface area contributed by atoms with Crippen molar-refractivity contribution in [1.29, 1.82) is 0 Å². The van der Waals surface area contributed by atoms with Gasteiger partial charge in [-0.3, -0.25) is 14.4 Å². The summed E-state index contributed by atoms with van der Waals surface area (Å²) in [6, 6.07) is 11.2. The van der Waals surface area contributed by atoms with Crippen molar-refractivity contribution in [2.45, 2.75) is 11.7 Å². The second-order valence-electron chi connectivity index (χ2n) is 5.72. The monoisotopic (exact) mass is 442 g/mol. The van der Waals surface area contributed by atoms with Gasteiger partial charge in [0.25, 0.3) is 0 Å². The summed E-state index contributed by atoms with van der Waals surface area (Å²) < 4.78 is 0. The van der Waals surface area contributed by atoms with E-state index in [1.54, 1.807) is 30.3 Å². The summed E-state index contributed by atoms with van der Waals surface area (Å²) in [7, 11) is 0. The van der Waals surface area contributed by atoms with Crippen molar-refractivity contribution in [3.8, 4) is 0 Å². The fourth-order valence-corrected chi connectivity index (χ4v) is 4.11. The fourth-order valence-electron chi connectivity index (χ4n) is 2.56. The highest BCUT2D eigenvalue weighted by Gasteiger charge is 2.40. The zero-order valence-electron chi connectivity index (χ0n) is 13.7. The van der Waals surface area contributed by atoms with E-state index in [2.05, 4.69) is 5.32 Å². The summed E-state index contributed by atoms with van der Waals surface area (Å²) in [5, 5.41) is 3.27. The molecule has 1 heterocycles. The first-order chi connectivity index (χ1) is 12.8. The van der Waals surface area contributed by atoms with Gasteiger partial charge >= 0.3 is 0 Å². The van der Waals surface area contributed by atoms with Gasteiger partial charge < -0.3 is 5.32 Å². The Hall–Kier alpha value is -1.73. The number of rotatable bonds is 5. The Labute approximate surface area is 174 Å². The quantitative estimate of drug-likeness (QED) is 0.683. The highest BCUT2D eigenvalue weighted by Crippen LogP contribution is 2.35. The molecule has 0 unspecified atom stereocenters. The third-order valence-electron chi connectivity index (χ3n) is 3.80. The SMILES string of the molecule is O=C(CS[C@@H]1CC(=O)N(c2ccc(Cl)cc2Cl)C1=O)Nc1ccc(Cl)cc1. The predicted molar refractivity (Wildman–Crippen MR) is 110 cm³/mol. The standard InChI is InChI=1S/C18H13Cl3N2O3S/c19-10-1-4-12(5-2-10)22-16(24)9-27-15-8-17(25)23(18(15)26)14-6-3-11(20)7-13(14)21/h1-7,15H,8-9H2,(H,22,24)/t15-/m1/s1. The van der Waals surface area contributed by atoms with Crippen LogP contribution >= 0.6 is 46.6 Å². The molecule has 9 heteroatoms. The molecule has 5 nitrogen and oxygen atoms in total. The number of carbonyl (C=O) groups is 3. The van der Waals surface area contributed by atoms with E-state index in [1.807, 2.05) is 0 Å². The van der Waals surface area contributed by atoms with Crippen LogP contribution in [0.15, 0.2) is 42.5 Å². The molecule has 1 atom stereocenters. The zero-order chi connectivity index (χ0) is 19.6. The van der Waals surface area contributed by atoms with Crippen molar-refractivity contribution in [1.82, 2.24) is 0 Å². The number of amides is 3. The molecule has 0 bridgehead atoms. The molecule has 0 spiro atoms. The van der Waals surface area contributed by atoms with Crippen LogP contribution in [0.3, 0.4) is 0 Å². The maximum absolute atomic E-state index is 12.6. The van der Waals surface area contributed by atoms with Gasteiger partial charge in [0, 0.05) is 22.2 Å². The van der Waals surface area contributed by atoms with Crippen LogP contribution in [0.25, 0.3) is 0 Å². The second kappa shape index (κ2) is 8.52. The summed E-state index contributed by atoms with van der Waals surface area (Å²) in [4.78, 5) is 38.0. The second-order valence-corrected chi connectivity index (χ2v) is 8.19. The third-order valence-corrected chi connectivity index (χ3v) is 5.79. The summed E-state index contributed by atoms with van der Waals surface area (Å²) in [5.74, 6) is -0.993. The Balaban J connectivity index is 1.61. The highest BCUT2D eigenvalue weighted by atomic mass is 35.5. The lowest BCUT2D eigenvalue weighted by molar-refractivity contribution is -0.121. The van der Waals surface area contributed by atoms with Crippen molar-refractivity contribution in [3.05, 3.63) is 57.5 Å². The van der Waals surface area contributed by atoms with Gasteiger partial charge in [0.15, 0.2) is 0 Å². The van der Waals surface area contributed by atoms with Gasteiger partial charge in [-0.2, -0.15) is 0 Å². The Morgan fingerprint density at radius 2 is 1.74 bits per heavy atom. The number of thioether (sulfide) groups is 1. The van der Waals surface area contributed by atoms with Crippen molar-refractivity contribution in [2.75, 3.05) is 16.0 Å². The number of hydrogen-bond acceptors (Lipinski definition) is 4. The van der Waals surface area contributed by atoms with Crippen LogP contribution < -0.4 is 10.2 Å². The molecule has 1 N–H and O–H groups in total. The molecule has 3 rings (SSSR count). The molecule has 27 heavy (non-hydrogen) atoms. The van der Waals surface area contributed by atoms with Crippen LogP contribution in [0.2, 0.25) is 15.1 Å². The first kappa shape index (κ1) is 20.0. The molecule has 0 aliphatic carbocycles. The number of nitrogens with zero attached hydrogens (tertiary/aromatic N) is 1. The van der Waals surface area contributed by atoms with E-state index in [9.17, 15) is 14.4 Å². The predicted octanol–water partition coefficient (Wildman–Crippen LogP) is 4.65. The topological polar surface area (TPSA) is 66.5 Å². The fraction of sp³-hybridized carbons (Fsp3) is 0.167. The van der Waals surface area contributed by atoms with Gasteiger partial charge in [-0.05, 0) is 42.5 Å². The third kappa shape index (κ3) is 4.76. The lowest BCUT2D eigenvalue weighted by Gasteiger charge is -2.16. The summed E-state index contributed by atoms with van der Waals surface area (Å²) in [5.41, 5.74) is 0.901. The van der Waals surface area contributed by atoms with Crippen molar-refractivity contribution in [3.63, 3.8) is 0 Å². The smallest absolute Gasteiger partial charge is 0.247 e.